The summed E-state index contributed by atoms with van der Waals surface area (Å²) in [7, 11) is 1.65. The van der Waals surface area contributed by atoms with Gasteiger partial charge in [-0.15, -0.1) is 0 Å². The molecule has 0 aromatic carbocycles. The molecule has 0 saturated heterocycles. The van der Waals surface area contributed by atoms with E-state index in [0.29, 0.717) is 12.4 Å². The molecule has 106 valence electrons. The van der Waals surface area contributed by atoms with E-state index in [1.807, 2.05) is 25.3 Å². The summed E-state index contributed by atoms with van der Waals surface area (Å²) in [5, 5.41) is 3.30. The second kappa shape index (κ2) is 6.96. The van der Waals surface area contributed by atoms with Crippen LogP contribution >= 0.6 is 0 Å². The van der Waals surface area contributed by atoms with Gasteiger partial charge in [0.05, 0.1) is 5.69 Å². The van der Waals surface area contributed by atoms with E-state index >= 15 is 0 Å². The number of hydrogen-bond donors (Lipinski definition) is 1. The van der Waals surface area contributed by atoms with Gasteiger partial charge in [-0.05, 0) is 25.0 Å². The van der Waals surface area contributed by atoms with Gasteiger partial charge in [0.15, 0.2) is 5.82 Å². The first-order valence-corrected chi connectivity index (χ1v) is 6.76. The maximum absolute atomic E-state index is 5.14. The molecule has 0 unspecified atom stereocenters. The standard InChI is InChI=1S/C15H20N4O/c1-4-6-17-14-8-13(18-15(19-14)10-20-3)12-5-7-16-9-11(12)2/h5,7-9H,4,6,10H2,1-3H3,(H,17,18,19). The average molecular weight is 272 g/mol. The van der Waals surface area contributed by atoms with Gasteiger partial charge in [-0.2, -0.15) is 0 Å². The summed E-state index contributed by atoms with van der Waals surface area (Å²) in [6.45, 7) is 5.44. The lowest BCUT2D eigenvalue weighted by Gasteiger charge is -2.10. The van der Waals surface area contributed by atoms with Crippen molar-refractivity contribution in [1.82, 2.24) is 15.0 Å². The van der Waals surface area contributed by atoms with Gasteiger partial charge in [0.1, 0.15) is 12.4 Å². The van der Waals surface area contributed by atoms with Crippen LogP contribution in [0, 0.1) is 6.92 Å². The Labute approximate surface area is 119 Å². The first-order valence-electron chi connectivity index (χ1n) is 6.76. The highest BCUT2D eigenvalue weighted by Gasteiger charge is 2.08. The van der Waals surface area contributed by atoms with Crippen LogP contribution in [0.4, 0.5) is 5.82 Å². The van der Waals surface area contributed by atoms with Crippen molar-refractivity contribution in [1.29, 1.82) is 0 Å². The molecule has 20 heavy (non-hydrogen) atoms. The van der Waals surface area contributed by atoms with Crippen LogP contribution in [0.1, 0.15) is 24.7 Å². The Hall–Kier alpha value is -2.01. The third kappa shape index (κ3) is 3.51. The molecule has 0 amide bonds. The van der Waals surface area contributed by atoms with Crippen molar-refractivity contribution in [3.05, 3.63) is 35.9 Å². The highest BCUT2D eigenvalue weighted by atomic mass is 16.5. The molecule has 2 aromatic heterocycles. The number of nitrogens with one attached hydrogen (secondary N) is 1. The van der Waals surface area contributed by atoms with E-state index in [1.54, 1.807) is 13.3 Å². The highest BCUT2D eigenvalue weighted by molar-refractivity contribution is 5.65. The zero-order valence-electron chi connectivity index (χ0n) is 12.2. The molecule has 0 atom stereocenters. The van der Waals surface area contributed by atoms with Gasteiger partial charge in [0.25, 0.3) is 0 Å². The van der Waals surface area contributed by atoms with Crippen molar-refractivity contribution >= 4 is 5.82 Å². The molecule has 1 N–H and O–H groups in total. The summed E-state index contributed by atoms with van der Waals surface area (Å²) in [4.78, 5) is 13.1. The number of pyridine rings is 1. The van der Waals surface area contributed by atoms with E-state index in [1.165, 1.54) is 0 Å². The van der Waals surface area contributed by atoms with Gasteiger partial charge < -0.3 is 10.1 Å². The summed E-state index contributed by atoms with van der Waals surface area (Å²) in [5.41, 5.74) is 3.06. The average Bonchev–Trinajstić information content (AvgIpc) is 2.46. The second-order valence-electron chi connectivity index (χ2n) is 4.61. The number of hydrogen-bond acceptors (Lipinski definition) is 5. The first-order chi connectivity index (χ1) is 9.74. The number of ether oxygens (including phenoxy) is 1. The molecule has 0 spiro atoms. The van der Waals surface area contributed by atoms with Crippen molar-refractivity contribution < 1.29 is 4.74 Å². The molecule has 2 rings (SSSR count). The SMILES string of the molecule is CCCNc1cc(-c2ccncc2C)nc(COC)n1. The molecule has 0 bridgehead atoms. The van der Waals surface area contributed by atoms with Gasteiger partial charge >= 0.3 is 0 Å². The first kappa shape index (κ1) is 14.4. The lowest BCUT2D eigenvalue weighted by molar-refractivity contribution is 0.178. The van der Waals surface area contributed by atoms with Gasteiger partial charge in [-0.1, -0.05) is 6.92 Å². The highest BCUT2D eigenvalue weighted by Crippen LogP contribution is 2.22. The molecular formula is C15H20N4O. The Morgan fingerprint density at radius 2 is 2.15 bits per heavy atom. The number of aromatic nitrogens is 3. The van der Waals surface area contributed by atoms with Crippen LogP contribution in [0.25, 0.3) is 11.3 Å². The topological polar surface area (TPSA) is 59.9 Å². The third-order valence-corrected chi connectivity index (χ3v) is 2.90. The van der Waals surface area contributed by atoms with Crippen LogP contribution in [0.3, 0.4) is 0 Å². The van der Waals surface area contributed by atoms with Crippen LogP contribution in [-0.2, 0) is 11.3 Å². The van der Waals surface area contributed by atoms with E-state index in [0.717, 1.165) is 35.6 Å². The minimum absolute atomic E-state index is 0.402. The number of rotatable bonds is 6. The predicted octanol–water partition coefficient (Wildman–Crippen LogP) is 2.82. The van der Waals surface area contributed by atoms with Crippen molar-refractivity contribution in [3.63, 3.8) is 0 Å². The van der Waals surface area contributed by atoms with E-state index in [2.05, 4.69) is 27.2 Å². The number of anilines is 1. The van der Waals surface area contributed by atoms with Crippen molar-refractivity contribution in [2.24, 2.45) is 0 Å². The number of aryl methyl sites for hydroxylation is 1. The fourth-order valence-electron chi connectivity index (χ4n) is 1.93. The summed E-state index contributed by atoms with van der Waals surface area (Å²) >= 11 is 0. The Morgan fingerprint density at radius 1 is 1.30 bits per heavy atom. The molecule has 2 heterocycles. The predicted molar refractivity (Wildman–Crippen MR) is 79.5 cm³/mol. The Kier molecular flexibility index (Phi) is 5.01. The lowest BCUT2D eigenvalue weighted by atomic mass is 10.1. The molecule has 0 aliphatic heterocycles. The van der Waals surface area contributed by atoms with E-state index in [-0.39, 0.29) is 0 Å². The molecule has 0 saturated carbocycles. The maximum atomic E-state index is 5.14. The van der Waals surface area contributed by atoms with Crippen LogP contribution in [0.2, 0.25) is 0 Å². The number of nitrogens with zero attached hydrogens (tertiary/aromatic N) is 3. The molecule has 0 aliphatic carbocycles. The van der Waals surface area contributed by atoms with Crippen molar-refractivity contribution in [3.8, 4) is 11.3 Å². The summed E-state index contributed by atoms with van der Waals surface area (Å²) < 4.78 is 5.14. The minimum atomic E-state index is 0.402. The molecule has 5 heteroatoms. The Morgan fingerprint density at radius 3 is 2.85 bits per heavy atom. The molecule has 2 aromatic rings. The molecule has 0 aliphatic rings. The number of methoxy groups -OCH3 is 1. The monoisotopic (exact) mass is 272 g/mol. The van der Waals surface area contributed by atoms with Gasteiger partial charge in [-0.25, -0.2) is 9.97 Å². The fraction of sp³-hybridized carbons (Fsp3) is 0.400. The zero-order chi connectivity index (χ0) is 14.4. The van der Waals surface area contributed by atoms with E-state index in [4.69, 9.17) is 4.74 Å². The lowest BCUT2D eigenvalue weighted by Crippen LogP contribution is -2.07. The summed E-state index contributed by atoms with van der Waals surface area (Å²) in [6, 6.07) is 3.94. The summed E-state index contributed by atoms with van der Waals surface area (Å²) in [5.74, 6) is 1.51. The quantitative estimate of drug-likeness (QED) is 0.876. The second-order valence-corrected chi connectivity index (χ2v) is 4.61. The van der Waals surface area contributed by atoms with Gasteiger partial charge in [0, 0.05) is 37.7 Å². The Balaban J connectivity index is 2.40. The fourth-order valence-corrected chi connectivity index (χ4v) is 1.93. The van der Waals surface area contributed by atoms with Crippen LogP contribution in [-0.4, -0.2) is 28.6 Å². The van der Waals surface area contributed by atoms with Gasteiger partial charge in [-0.3, -0.25) is 4.98 Å². The molecule has 0 fully saturated rings. The largest absolute Gasteiger partial charge is 0.377 e. The van der Waals surface area contributed by atoms with Crippen LogP contribution in [0.5, 0.6) is 0 Å². The van der Waals surface area contributed by atoms with Gasteiger partial charge in [0.2, 0.25) is 0 Å². The third-order valence-electron chi connectivity index (χ3n) is 2.90. The van der Waals surface area contributed by atoms with E-state index in [9.17, 15) is 0 Å². The Bertz CT molecular complexity index is 572. The van der Waals surface area contributed by atoms with Crippen molar-refractivity contribution in [2.45, 2.75) is 26.9 Å². The van der Waals surface area contributed by atoms with Crippen LogP contribution < -0.4 is 5.32 Å². The molecular weight excluding hydrogens is 252 g/mol. The zero-order valence-corrected chi connectivity index (χ0v) is 12.2. The maximum Gasteiger partial charge on any atom is 0.157 e. The minimum Gasteiger partial charge on any atom is -0.377 e. The van der Waals surface area contributed by atoms with E-state index < -0.39 is 0 Å². The molecule has 5 nitrogen and oxygen atoms in total. The smallest absolute Gasteiger partial charge is 0.157 e. The normalized spacial score (nSPS) is 10.6. The van der Waals surface area contributed by atoms with Crippen molar-refractivity contribution in [2.75, 3.05) is 19.0 Å². The van der Waals surface area contributed by atoms with Crippen LogP contribution in [0.15, 0.2) is 24.5 Å². The summed E-state index contributed by atoms with van der Waals surface area (Å²) in [6.07, 6.45) is 4.67. The molecule has 0 radical (unpaired) electrons.